The van der Waals surface area contributed by atoms with Gasteiger partial charge in [0.2, 0.25) is 5.91 Å². The highest BCUT2D eigenvalue weighted by Gasteiger charge is 2.34. The molecule has 176 valence electrons. The number of fused-ring (bicyclic) bond motifs is 1. The number of carboxylic acids is 1. The molecule has 2 heterocycles. The first-order valence-electron chi connectivity index (χ1n) is 10.3. The maximum atomic E-state index is 12.7. The SMILES string of the molecule is COc1ccc(-c2c(C(=O)O)sc3c2NC(=O)C[C@@H]3c2ccc(OCC(N)=O)c(OC)c2)cc1. The number of ether oxygens (including phenoxy) is 3. The van der Waals surface area contributed by atoms with E-state index in [1.54, 1.807) is 49.6 Å². The van der Waals surface area contributed by atoms with Crippen molar-refractivity contribution in [2.75, 3.05) is 26.1 Å². The lowest BCUT2D eigenvalue weighted by Crippen LogP contribution is -2.22. The number of hydrogen-bond donors (Lipinski definition) is 3. The summed E-state index contributed by atoms with van der Waals surface area (Å²) in [7, 11) is 3.01. The van der Waals surface area contributed by atoms with Crippen LogP contribution in [0.15, 0.2) is 42.5 Å². The summed E-state index contributed by atoms with van der Waals surface area (Å²) in [6.07, 6.45) is 0.138. The number of nitrogens with one attached hydrogen (secondary N) is 1. The Balaban J connectivity index is 1.81. The Morgan fingerprint density at radius 1 is 1.12 bits per heavy atom. The molecule has 0 spiro atoms. The lowest BCUT2D eigenvalue weighted by molar-refractivity contribution is -0.120. The number of nitrogens with two attached hydrogens (primary N) is 1. The van der Waals surface area contributed by atoms with Crippen molar-refractivity contribution >= 4 is 34.8 Å². The molecule has 3 aromatic rings. The monoisotopic (exact) mass is 482 g/mol. The van der Waals surface area contributed by atoms with Crippen molar-refractivity contribution in [3.63, 3.8) is 0 Å². The topological polar surface area (TPSA) is 137 Å². The Labute approximate surface area is 199 Å². The predicted molar refractivity (Wildman–Crippen MR) is 126 cm³/mol. The van der Waals surface area contributed by atoms with E-state index in [1.165, 1.54) is 7.11 Å². The van der Waals surface area contributed by atoms with Crippen LogP contribution in [0.25, 0.3) is 11.1 Å². The van der Waals surface area contributed by atoms with Crippen LogP contribution in [0.2, 0.25) is 0 Å². The van der Waals surface area contributed by atoms with Gasteiger partial charge in [-0.25, -0.2) is 4.79 Å². The molecule has 0 fully saturated rings. The van der Waals surface area contributed by atoms with E-state index in [4.69, 9.17) is 19.9 Å². The number of rotatable bonds is 8. The molecule has 1 aliphatic heterocycles. The molecular weight excluding hydrogens is 460 g/mol. The number of aromatic carboxylic acids is 1. The number of primary amides is 1. The highest BCUT2D eigenvalue weighted by atomic mass is 32.1. The summed E-state index contributed by atoms with van der Waals surface area (Å²) in [5, 5.41) is 12.8. The third-order valence-electron chi connectivity index (χ3n) is 5.44. The van der Waals surface area contributed by atoms with E-state index in [0.29, 0.717) is 34.1 Å². The average Bonchev–Trinajstić information content (AvgIpc) is 3.21. The van der Waals surface area contributed by atoms with Crippen LogP contribution in [0.5, 0.6) is 17.2 Å². The fourth-order valence-corrected chi connectivity index (χ4v) is 5.15. The minimum absolute atomic E-state index is 0.135. The Hall–Kier alpha value is -4.05. The molecule has 0 radical (unpaired) electrons. The number of methoxy groups -OCH3 is 2. The molecule has 4 rings (SSSR count). The fraction of sp³-hybridized carbons (Fsp3) is 0.208. The summed E-state index contributed by atoms with van der Waals surface area (Å²) in [5.74, 6) is -0.972. The molecular formula is C24H22N2O7S. The van der Waals surface area contributed by atoms with Gasteiger partial charge in [-0.2, -0.15) is 0 Å². The first-order valence-corrected chi connectivity index (χ1v) is 11.1. The van der Waals surface area contributed by atoms with E-state index in [-0.39, 0.29) is 23.8 Å². The largest absolute Gasteiger partial charge is 0.497 e. The number of carbonyl (C=O) groups is 3. The second-order valence-electron chi connectivity index (χ2n) is 7.55. The Bertz CT molecular complexity index is 1270. The molecule has 1 aliphatic rings. The van der Waals surface area contributed by atoms with Crippen LogP contribution in [0, 0.1) is 0 Å². The standard InChI is InChI=1S/C24H22N2O7S/c1-31-14-6-3-12(4-7-14)20-21-22(34-23(20)24(29)30)15(10-19(28)26-21)13-5-8-16(17(9-13)32-2)33-11-18(25)27/h3-9,15H,10-11H2,1-2H3,(H2,25,27)(H,26,28)(H,29,30)/t15-/m1/s1. The molecule has 0 bridgehead atoms. The molecule has 0 aliphatic carbocycles. The summed E-state index contributed by atoms with van der Waals surface area (Å²) in [6, 6.07) is 12.1. The molecule has 2 amide bonds. The van der Waals surface area contributed by atoms with E-state index in [9.17, 15) is 19.5 Å². The zero-order valence-electron chi connectivity index (χ0n) is 18.4. The van der Waals surface area contributed by atoms with Gasteiger partial charge in [-0.05, 0) is 35.4 Å². The molecule has 0 saturated heterocycles. The highest BCUT2D eigenvalue weighted by Crippen LogP contribution is 2.50. The molecule has 4 N–H and O–H groups in total. The third kappa shape index (κ3) is 4.40. The highest BCUT2D eigenvalue weighted by molar-refractivity contribution is 7.15. The molecule has 9 nitrogen and oxygen atoms in total. The van der Waals surface area contributed by atoms with Gasteiger partial charge in [0.15, 0.2) is 18.1 Å². The first-order chi connectivity index (χ1) is 16.3. The van der Waals surface area contributed by atoms with Gasteiger partial charge in [0.25, 0.3) is 5.91 Å². The van der Waals surface area contributed by atoms with Gasteiger partial charge in [-0.15, -0.1) is 11.3 Å². The average molecular weight is 483 g/mol. The van der Waals surface area contributed by atoms with Crippen LogP contribution in [0.4, 0.5) is 5.69 Å². The van der Waals surface area contributed by atoms with Crippen molar-refractivity contribution in [2.45, 2.75) is 12.3 Å². The minimum Gasteiger partial charge on any atom is -0.497 e. The minimum atomic E-state index is -1.08. The molecule has 10 heteroatoms. The number of amides is 2. The quantitative estimate of drug-likeness (QED) is 0.447. The second kappa shape index (κ2) is 9.44. The van der Waals surface area contributed by atoms with Crippen molar-refractivity contribution in [1.29, 1.82) is 0 Å². The van der Waals surface area contributed by atoms with Crippen molar-refractivity contribution in [3.05, 3.63) is 57.8 Å². The summed E-state index contributed by atoms with van der Waals surface area (Å²) in [4.78, 5) is 36.7. The summed E-state index contributed by atoms with van der Waals surface area (Å²) < 4.78 is 16.0. The van der Waals surface area contributed by atoms with E-state index < -0.39 is 17.8 Å². The number of carbonyl (C=O) groups excluding carboxylic acids is 2. The zero-order valence-corrected chi connectivity index (χ0v) is 19.2. The Morgan fingerprint density at radius 3 is 2.47 bits per heavy atom. The van der Waals surface area contributed by atoms with Crippen molar-refractivity contribution in [3.8, 4) is 28.4 Å². The molecule has 1 aromatic heterocycles. The van der Waals surface area contributed by atoms with Gasteiger partial charge in [0.05, 0.1) is 19.9 Å². The van der Waals surface area contributed by atoms with E-state index in [1.807, 2.05) is 0 Å². The van der Waals surface area contributed by atoms with Crippen LogP contribution < -0.4 is 25.3 Å². The van der Waals surface area contributed by atoms with Crippen LogP contribution >= 0.6 is 11.3 Å². The van der Waals surface area contributed by atoms with Crippen molar-refractivity contribution in [1.82, 2.24) is 0 Å². The van der Waals surface area contributed by atoms with Crippen LogP contribution in [0.3, 0.4) is 0 Å². The predicted octanol–water partition coefficient (Wildman–Crippen LogP) is 3.47. The molecule has 1 atom stereocenters. The zero-order chi connectivity index (χ0) is 24.4. The van der Waals surface area contributed by atoms with Crippen LogP contribution in [0.1, 0.15) is 32.5 Å². The maximum Gasteiger partial charge on any atom is 0.346 e. The first kappa shape index (κ1) is 23.1. The summed E-state index contributed by atoms with van der Waals surface area (Å²) in [6.45, 7) is -0.302. The molecule has 34 heavy (non-hydrogen) atoms. The van der Waals surface area contributed by atoms with Gasteiger partial charge in [0.1, 0.15) is 10.6 Å². The van der Waals surface area contributed by atoms with E-state index in [2.05, 4.69) is 5.32 Å². The van der Waals surface area contributed by atoms with E-state index >= 15 is 0 Å². The summed E-state index contributed by atoms with van der Waals surface area (Å²) >= 11 is 1.13. The van der Waals surface area contributed by atoms with Crippen LogP contribution in [-0.4, -0.2) is 43.7 Å². The molecule has 2 aromatic carbocycles. The van der Waals surface area contributed by atoms with Crippen molar-refractivity contribution in [2.24, 2.45) is 5.73 Å². The lowest BCUT2D eigenvalue weighted by atomic mass is 9.88. The molecule has 0 unspecified atom stereocenters. The van der Waals surface area contributed by atoms with E-state index in [0.717, 1.165) is 21.8 Å². The Kier molecular flexibility index (Phi) is 6.42. The number of anilines is 1. The fourth-order valence-electron chi connectivity index (χ4n) is 3.91. The van der Waals surface area contributed by atoms with Gasteiger partial charge < -0.3 is 30.4 Å². The second-order valence-corrected chi connectivity index (χ2v) is 8.60. The number of thiophene rings is 1. The number of carboxylic acid groups (broad SMARTS) is 1. The number of hydrogen-bond acceptors (Lipinski definition) is 7. The van der Waals surface area contributed by atoms with Gasteiger partial charge in [-0.3, -0.25) is 9.59 Å². The van der Waals surface area contributed by atoms with Gasteiger partial charge in [0, 0.05) is 22.8 Å². The maximum absolute atomic E-state index is 12.7. The summed E-state index contributed by atoms with van der Waals surface area (Å²) in [5.41, 5.74) is 7.50. The molecule has 0 saturated carbocycles. The van der Waals surface area contributed by atoms with Gasteiger partial charge in [-0.1, -0.05) is 18.2 Å². The van der Waals surface area contributed by atoms with Gasteiger partial charge >= 0.3 is 5.97 Å². The normalized spacial score (nSPS) is 14.6. The Morgan fingerprint density at radius 2 is 1.85 bits per heavy atom. The van der Waals surface area contributed by atoms with Crippen molar-refractivity contribution < 1.29 is 33.7 Å². The number of benzene rings is 2. The third-order valence-corrected chi connectivity index (χ3v) is 6.73. The van der Waals surface area contributed by atoms with Crippen LogP contribution in [-0.2, 0) is 9.59 Å². The smallest absolute Gasteiger partial charge is 0.346 e. The lowest BCUT2D eigenvalue weighted by Gasteiger charge is -2.24.